The third kappa shape index (κ3) is 3.17. The lowest BCUT2D eigenvalue weighted by atomic mass is 10.1. The average Bonchev–Trinajstić information content (AvgIpc) is 2.74. The highest BCUT2D eigenvalue weighted by Gasteiger charge is 2.13. The van der Waals surface area contributed by atoms with Crippen LogP contribution in [0.5, 0.6) is 5.75 Å². The molecule has 108 valence electrons. The van der Waals surface area contributed by atoms with Crippen LogP contribution < -0.4 is 10.1 Å². The quantitative estimate of drug-likeness (QED) is 0.913. The van der Waals surface area contributed by atoms with Crippen molar-refractivity contribution in [2.24, 2.45) is 7.05 Å². The molecule has 0 amide bonds. The molecule has 2 aromatic rings. The Morgan fingerprint density at radius 1 is 1.45 bits per heavy atom. The summed E-state index contributed by atoms with van der Waals surface area (Å²) < 4.78 is 20.4. The lowest BCUT2D eigenvalue weighted by Crippen LogP contribution is -2.19. The molecule has 0 radical (unpaired) electrons. The number of halogens is 1. The molecular formula is C15H20FN3O. The second-order valence-electron chi connectivity index (χ2n) is 4.90. The SMILES string of the molecule is COc1ccc(F)cc1C(C)NCc1cn(C)nc1C. The summed E-state index contributed by atoms with van der Waals surface area (Å²) in [5.41, 5.74) is 2.95. The molecule has 0 aliphatic carbocycles. The van der Waals surface area contributed by atoms with Crippen LogP contribution >= 0.6 is 0 Å². The van der Waals surface area contributed by atoms with Gasteiger partial charge in [0.15, 0.2) is 0 Å². The van der Waals surface area contributed by atoms with Gasteiger partial charge in [0, 0.05) is 37.0 Å². The molecule has 0 saturated carbocycles. The molecule has 0 saturated heterocycles. The molecule has 0 aliphatic rings. The second-order valence-corrected chi connectivity index (χ2v) is 4.90. The normalized spacial score (nSPS) is 12.4. The molecule has 1 aromatic carbocycles. The van der Waals surface area contributed by atoms with Crippen molar-refractivity contribution in [3.8, 4) is 5.75 Å². The fourth-order valence-corrected chi connectivity index (χ4v) is 2.24. The largest absolute Gasteiger partial charge is 0.496 e. The van der Waals surface area contributed by atoms with E-state index in [1.807, 2.05) is 27.1 Å². The topological polar surface area (TPSA) is 39.1 Å². The summed E-state index contributed by atoms with van der Waals surface area (Å²) in [6.07, 6.45) is 1.98. The Hall–Kier alpha value is -1.88. The summed E-state index contributed by atoms with van der Waals surface area (Å²) in [5.74, 6) is 0.432. The molecule has 2 rings (SSSR count). The predicted octanol–water partition coefficient (Wildman–Crippen LogP) is 2.73. The standard InChI is InChI=1S/C15H20FN3O/c1-10-12(9-19(3)18-10)8-17-11(2)14-7-13(16)5-6-15(14)20-4/h5-7,9,11,17H,8H2,1-4H3. The van der Waals surface area contributed by atoms with Crippen molar-refractivity contribution in [3.05, 3.63) is 47.0 Å². The van der Waals surface area contributed by atoms with Gasteiger partial charge in [-0.2, -0.15) is 5.10 Å². The van der Waals surface area contributed by atoms with E-state index in [4.69, 9.17) is 4.74 Å². The zero-order chi connectivity index (χ0) is 14.7. The number of aromatic nitrogens is 2. The van der Waals surface area contributed by atoms with Crippen molar-refractivity contribution in [2.75, 3.05) is 7.11 Å². The van der Waals surface area contributed by atoms with Crippen molar-refractivity contribution in [3.63, 3.8) is 0 Å². The number of hydrogen-bond donors (Lipinski definition) is 1. The van der Waals surface area contributed by atoms with Crippen LogP contribution in [0.4, 0.5) is 4.39 Å². The number of rotatable bonds is 5. The van der Waals surface area contributed by atoms with Crippen LogP contribution in [0, 0.1) is 12.7 Å². The summed E-state index contributed by atoms with van der Waals surface area (Å²) in [4.78, 5) is 0. The lowest BCUT2D eigenvalue weighted by molar-refractivity contribution is 0.399. The van der Waals surface area contributed by atoms with E-state index < -0.39 is 0 Å². The highest BCUT2D eigenvalue weighted by molar-refractivity contribution is 5.36. The highest BCUT2D eigenvalue weighted by Crippen LogP contribution is 2.26. The van der Waals surface area contributed by atoms with E-state index in [0.717, 1.165) is 16.8 Å². The van der Waals surface area contributed by atoms with E-state index in [9.17, 15) is 4.39 Å². The number of nitrogens with zero attached hydrogens (tertiary/aromatic N) is 2. The van der Waals surface area contributed by atoms with Gasteiger partial charge in [-0.3, -0.25) is 4.68 Å². The molecule has 1 aromatic heterocycles. The zero-order valence-corrected chi connectivity index (χ0v) is 12.3. The molecule has 0 spiro atoms. The van der Waals surface area contributed by atoms with Gasteiger partial charge in [-0.1, -0.05) is 0 Å². The van der Waals surface area contributed by atoms with Gasteiger partial charge in [0.05, 0.1) is 12.8 Å². The smallest absolute Gasteiger partial charge is 0.123 e. The summed E-state index contributed by atoms with van der Waals surface area (Å²) in [5, 5.41) is 7.67. The Kier molecular flexibility index (Phi) is 4.39. The van der Waals surface area contributed by atoms with E-state index in [1.165, 1.54) is 12.1 Å². The minimum absolute atomic E-state index is 0.0137. The van der Waals surface area contributed by atoms with Crippen LogP contribution in [0.25, 0.3) is 0 Å². The van der Waals surface area contributed by atoms with Crippen molar-refractivity contribution >= 4 is 0 Å². The fourth-order valence-electron chi connectivity index (χ4n) is 2.24. The van der Waals surface area contributed by atoms with Gasteiger partial charge in [-0.25, -0.2) is 4.39 Å². The third-order valence-electron chi connectivity index (χ3n) is 3.37. The van der Waals surface area contributed by atoms with Gasteiger partial charge in [-0.05, 0) is 32.0 Å². The van der Waals surface area contributed by atoms with Crippen LogP contribution in [-0.4, -0.2) is 16.9 Å². The number of benzene rings is 1. The van der Waals surface area contributed by atoms with E-state index >= 15 is 0 Å². The number of ether oxygens (including phenoxy) is 1. The Labute approximate surface area is 118 Å². The first-order chi connectivity index (χ1) is 9.51. The van der Waals surface area contributed by atoms with Gasteiger partial charge >= 0.3 is 0 Å². The van der Waals surface area contributed by atoms with Crippen molar-refractivity contribution in [1.29, 1.82) is 0 Å². The lowest BCUT2D eigenvalue weighted by Gasteiger charge is -2.17. The van der Waals surface area contributed by atoms with Crippen molar-refractivity contribution < 1.29 is 9.13 Å². The molecule has 20 heavy (non-hydrogen) atoms. The minimum atomic E-state index is -0.257. The number of aryl methyl sites for hydroxylation is 2. The second kappa shape index (κ2) is 6.05. The first-order valence-electron chi connectivity index (χ1n) is 6.57. The van der Waals surface area contributed by atoms with Crippen LogP contribution in [0.3, 0.4) is 0 Å². The fraction of sp³-hybridized carbons (Fsp3) is 0.400. The first-order valence-corrected chi connectivity index (χ1v) is 6.57. The number of methoxy groups -OCH3 is 1. The van der Waals surface area contributed by atoms with Crippen molar-refractivity contribution in [1.82, 2.24) is 15.1 Å². The zero-order valence-electron chi connectivity index (χ0n) is 12.3. The first kappa shape index (κ1) is 14.5. The Balaban J connectivity index is 2.10. The monoisotopic (exact) mass is 277 g/mol. The van der Waals surface area contributed by atoms with E-state index in [2.05, 4.69) is 10.4 Å². The molecule has 1 unspecified atom stereocenters. The molecule has 1 N–H and O–H groups in total. The van der Waals surface area contributed by atoms with Crippen LogP contribution in [-0.2, 0) is 13.6 Å². The third-order valence-corrected chi connectivity index (χ3v) is 3.37. The van der Waals surface area contributed by atoms with Crippen molar-refractivity contribution in [2.45, 2.75) is 26.4 Å². The molecule has 0 aliphatic heterocycles. The Bertz CT molecular complexity index is 595. The van der Waals surface area contributed by atoms with Crippen LogP contribution in [0.15, 0.2) is 24.4 Å². The molecule has 5 heteroatoms. The molecule has 0 fully saturated rings. The maximum absolute atomic E-state index is 13.4. The maximum atomic E-state index is 13.4. The number of hydrogen-bond acceptors (Lipinski definition) is 3. The van der Waals surface area contributed by atoms with Gasteiger partial charge in [0.2, 0.25) is 0 Å². The summed E-state index contributed by atoms with van der Waals surface area (Å²) in [7, 11) is 3.49. The summed E-state index contributed by atoms with van der Waals surface area (Å²) >= 11 is 0. The Morgan fingerprint density at radius 2 is 2.20 bits per heavy atom. The Morgan fingerprint density at radius 3 is 2.80 bits per heavy atom. The summed E-state index contributed by atoms with van der Waals surface area (Å²) in [6, 6.07) is 4.55. The number of nitrogens with one attached hydrogen (secondary N) is 1. The highest BCUT2D eigenvalue weighted by atomic mass is 19.1. The molecular weight excluding hydrogens is 257 g/mol. The molecule has 1 atom stereocenters. The van der Waals surface area contributed by atoms with Gasteiger partial charge in [0.25, 0.3) is 0 Å². The van der Waals surface area contributed by atoms with Crippen LogP contribution in [0.2, 0.25) is 0 Å². The maximum Gasteiger partial charge on any atom is 0.123 e. The average molecular weight is 277 g/mol. The van der Waals surface area contributed by atoms with Gasteiger partial charge < -0.3 is 10.1 Å². The van der Waals surface area contributed by atoms with Crippen LogP contribution in [0.1, 0.15) is 29.8 Å². The minimum Gasteiger partial charge on any atom is -0.496 e. The summed E-state index contributed by atoms with van der Waals surface area (Å²) in [6.45, 7) is 4.65. The molecule has 1 heterocycles. The predicted molar refractivity (Wildman–Crippen MR) is 76.2 cm³/mol. The molecule has 0 bridgehead atoms. The molecule has 4 nitrogen and oxygen atoms in total. The van der Waals surface area contributed by atoms with E-state index in [1.54, 1.807) is 17.9 Å². The van der Waals surface area contributed by atoms with Gasteiger partial charge in [-0.15, -0.1) is 0 Å². The van der Waals surface area contributed by atoms with Gasteiger partial charge in [0.1, 0.15) is 11.6 Å². The van der Waals surface area contributed by atoms with E-state index in [0.29, 0.717) is 12.3 Å². The van der Waals surface area contributed by atoms with E-state index in [-0.39, 0.29) is 11.9 Å².